The maximum atomic E-state index is 12.2. The number of thioether (sulfide) groups is 1. The third-order valence-corrected chi connectivity index (χ3v) is 4.81. The Kier molecular flexibility index (Phi) is 4.84. The van der Waals surface area contributed by atoms with Crippen LogP contribution in [-0.4, -0.2) is 56.8 Å². The minimum absolute atomic E-state index is 0.0333. The number of aromatic nitrogens is 2. The van der Waals surface area contributed by atoms with Crippen molar-refractivity contribution in [3.05, 3.63) is 40.4 Å². The Morgan fingerprint density at radius 1 is 1.38 bits per heavy atom. The smallest absolute Gasteiger partial charge is 0.281 e. The van der Waals surface area contributed by atoms with Crippen molar-refractivity contribution in [3.8, 4) is 0 Å². The second-order valence-corrected chi connectivity index (χ2v) is 6.68. The number of rotatable bonds is 5. The summed E-state index contributed by atoms with van der Waals surface area (Å²) in [5, 5.41) is 0.561. The molecule has 3 rings (SSSR count). The molecule has 0 radical (unpaired) electrons. The van der Waals surface area contributed by atoms with Gasteiger partial charge in [-0.2, -0.15) is 0 Å². The first-order valence-corrected chi connectivity index (χ1v) is 8.67. The minimum Gasteiger partial charge on any atom is -0.338 e. The van der Waals surface area contributed by atoms with E-state index in [4.69, 9.17) is 0 Å². The highest BCUT2D eigenvalue weighted by molar-refractivity contribution is 8.13. The fourth-order valence-corrected chi connectivity index (χ4v) is 3.42. The summed E-state index contributed by atoms with van der Waals surface area (Å²) in [4.78, 5) is 46.1. The molecular formula is C16H18N4O3S. The molecule has 8 heteroatoms. The SMILES string of the molecule is CN(Cc1nc2ccccc2c(=O)[nH]1)C(=O)CCN1CCSC1=O. The van der Waals surface area contributed by atoms with E-state index in [0.717, 1.165) is 5.75 Å². The molecular weight excluding hydrogens is 328 g/mol. The lowest BCUT2D eigenvalue weighted by Crippen LogP contribution is -2.32. The molecule has 126 valence electrons. The number of benzene rings is 1. The highest BCUT2D eigenvalue weighted by atomic mass is 32.2. The molecule has 0 saturated carbocycles. The third kappa shape index (κ3) is 3.59. The van der Waals surface area contributed by atoms with E-state index in [2.05, 4.69) is 9.97 Å². The number of hydrogen-bond donors (Lipinski definition) is 1. The fourth-order valence-electron chi connectivity index (χ4n) is 2.57. The van der Waals surface area contributed by atoms with Crippen LogP contribution >= 0.6 is 11.8 Å². The molecule has 1 fully saturated rings. The van der Waals surface area contributed by atoms with Crippen LogP contribution in [0.5, 0.6) is 0 Å². The van der Waals surface area contributed by atoms with Crippen LogP contribution < -0.4 is 5.56 Å². The van der Waals surface area contributed by atoms with Crippen LogP contribution in [0.4, 0.5) is 4.79 Å². The van der Waals surface area contributed by atoms with Crippen molar-refractivity contribution in [1.29, 1.82) is 0 Å². The summed E-state index contributed by atoms with van der Waals surface area (Å²) in [6, 6.07) is 7.09. The second-order valence-electron chi connectivity index (χ2n) is 5.63. The summed E-state index contributed by atoms with van der Waals surface area (Å²) in [6.07, 6.45) is 0.264. The van der Waals surface area contributed by atoms with E-state index in [1.54, 1.807) is 30.1 Å². The number of amides is 2. The summed E-state index contributed by atoms with van der Waals surface area (Å²) in [6.45, 7) is 1.35. The first-order valence-electron chi connectivity index (χ1n) is 7.68. The number of nitrogens with zero attached hydrogens (tertiary/aromatic N) is 3. The van der Waals surface area contributed by atoms with Crippen LogP contribution in [0, 0.1) is 0 Å². The van der Waals surface area contributed by atoms with E-state index in [1.165, 1.54) is 16.7 Å². The number of aromatic amines is 1. The van der Waals surface area contributed by atoms with Crippen molar-refractivity contribution >= 4 is 33.8 Å². The number of fused-ring (bicyclic) bond motifs is 1. The maximum absolute atomic E-state index is 12.2. The van der Waals surface area contributed by atoms with Crippen molar-refractivity contribution in [2.45, 2.75) is 13.0 Å². The predicted octanol–water partition coefficient (Wildman–Crippen LogP) is 1.44. The Morgan fingerprint density at radius 3 is 2.92 bits per heavy atom. The standard InChI is InChI=1S/C16H18N4O3S/c1-19(14(21)6-7-20-8-9-24-16(20)23)10-13-17-12-5-3-2-4-11(12)15(22)18-13/h2-5H,6-10H2,1H3,(H,17,18,22). The number of para-hydroxylation sites is 1. The largest absolute Gasteiger partial charge is 0.338 e. The highest BCUT2D eigenvalue weighted by Crippen LogP contribution is 2.17. The quantitative estimate of drug-likeness (QED) is 0.885. The molecule has 1 aliphatic heterocycles. The molecule has 7 nitrogen and oxygen atoms in total. The Hall–Kier alpha value is -2.35. The summed E-state index contributed by atoms with van der Waals surface area (Å²) < 4.78 is 0. The van der Waals surface area contributed by atoms with Crippen molar-refractivity contribution in [3.63, 3.8) is 0 Å². The van der Waals surface area contributed by atoms with E-state index in [0.29, 0.717) is 29.8 Å². The third-order valence-electron chi connectivity index (χ3n) is 3.92. The lowest BCUT2D eigenvalue weighted by molar-refractivity contribution is -0.130. The molecule has 1 aliphatic rings. The molecule has 1 saturated heterocycles. The highest BCUT2D eigenvalue weighted by Gasteiger charge is 2.22. The Balaban J connectivity index is 1.63. The summed E-state index contributed by atoms with van der Waals surface area (Å²) in [7, 11) is 1.66. The Labute approximate surface area is 143 Å². The zero-order valence-electron chi connectivity index (χ0n) is 13.3. The molecule has 1 N–H and O–H groups in total. The van der Waals surface area contributed by atoms with Crippen molar-refractivity contribution < 1.29 is 9.59 Å². The summed E-state index contributed by atoms with van der Waals surface area (Å²) >= 11 is 1.28. The van der Waals surface area contributed by atoms with Gasteiger partial charge in [-0.1, -0.05) is 23.9 Å². The van der Waals surface area contributed by atoms with Gasteiger partial charge in [0.1, 0.15) is 5.82 Å². The topological polar surface area (TPSA) is 86.4 Å². The number of H-pyrrole nitrogens is 1. The first kappa shape index (κ1) is 16.5. The molecule has 0 spiro atoms. The van der Waals surface area contributed by atoms with Crippen molar-refractivity contribution in [2.24, 2.45) is 0 Å². The lowest BCUT2D eigenvalue weighted by atomic mass is 10.2. The van der Waals surface area contributed by atoms with Gasteiger partial charge in [-0.05, 0) is 12.1 Å². The predicted molar refractivity (Wildman–Crippen MR) is 92.9 cm³/mol. The van der Waals surface area contributed by atoms with Gasteiger partial charge in [0.15, 0.2) is 0 Å². The van der Waals surface area contributed by atoms with E-state index in [9.17, 15) is 14.4 Å². The Morgan fingerprint density at radius 2 is 2.17 bits per heavy atom. The van der Waals surface area contributed by atoms with E-state index >= 15 is 0 Å². The molecule has 0 atom stereocenters. The molecule has 0 bridgehead atoms. The first-order chi connectivity index (χ1) is 11.5. The van der Waals surface area contributed by atoms with Gasteiger partial charge >= 0.3 is 0 Å². The van der Waals surface area contributed by atoms with Gasteiger partial charge in [0.25, 0.3) is 10.8 Å². The van der Waals surface area contributed by atoms with Crippen LogP contribution in [0.15, 0.2) is 29.1 Å². The molecule has 24 heavy (non-hydrogen) atoms. The molecule has 0 unspecified atom stereocenters. The van der Waals surface area contributed by atoms with Gasteiger partial charge < -0.3 is 14.8 Å². The molecule has 2 aromatic rings. The average Bonchev–Trinajstić information content (AvgIpc) is 2.97. The normalized spacial score (nSPS) is 14.4. The fraction of sp³-hybridized carbons (Fsp3) is 0.375. The van der Waals surface area contributed by atoms with Crippen molar-refractivity contribution in [2.75, 3.05) is 25.9 Å². The summed E-state index contributed by atoms with van der Waals surface area (Å²) in [5.74, 6) is 1.14. The second kappa shape index (κ2) is 7.04. The van der Waals surface area contributed by atoms with Gasteiger partial charge in [-0.25, -0.2) is 4.98 Å². The lowest BCUT2D eigenvalue weighted by Gasteiger charge is -2.19. The molecule has 2 amide bonds. The average molecular weight is 346 g/mol. The number of carbonyl (C=O) groups excluding carboxylic acids is 2. The number of hydrogen-bond acceptors (Lipinski definition) is 5. The van der Waals surface area contributed by atoms with Gasteiger partial charge in [0, 0.05) is 32.3 Å². The maximum Gasteiger partial charge on any atom is 0.281 e. The van der Waals surface area contributed by atoms with E-state index in [-0.39, 0.29) is 29.7 Å². The molecule has 2 heterocycles. The van der Waals surface area contributed by atoms with E-state index in [1.807, 2.05) is 6.07 Å². The van der Waals surface area contributed by atoms with Gasteiger partial charge in [0.2, 0.25) is 5.91 Å². The zero-order chi connectivity index (χ0) is 17.1. The van der Waals surface area contributed by atoms with Crippen LogP contribution in [0.3, 0.4) is 0 Å². The molecule has 0 aliphatic carbocycles. The van der Waals surface area contributed by atoms with Crippen molar-refractivity contribution in [1.82, 2.24) is 19.8 Å². The zero-order valence-corrected chi connectivity index (χ0v) is 14.1. The van der Waals surface area contributed by atoms with Gasteiger partial charge in [-0.15, -0.1) is 0 Å². The molecule has 1 aromatic heterocycles. The van der Waals surface area contributed by atoms with Crippen LogP contribution in [0.1, 0.15) is 12.2 Å². The van der Waals surface area contributed by atoms with Gasteiger partial charge in [0.05, 0.1) is 17.4 Å². The summed E-state index contributed by atoms with van der Waals surface area (Å²) in [5.41, 5.74) is 0.396. The van der Waals surface area contributed by atoms with Crippen LogP contribution in [0.2, 0.25) is 0 Å². The number of carbonyl (C=O) groups is 2. The minimum atomic E-state index is -0.212. The monoisotopic (exact) mass is 346 g/mol. The van der Waals surface area contributed by atoms with Crippen LogP contribution in [-0.2, 0) is 11.3 Å². The number of nitrogens with one attached hydrogen (secondary N) is 1. The van der Waals surface area contributed by atoms with E-state index < -0.39 is 0 Å². The molecule has 1 aromatic carbocycles. The van der Waals surface area contributed by atoms with Gasteiger partial charge in [-0.3, -0.25) is 14.4 Å². The Bertz CT molecular complexity index is 835. The van der Waals surface area contributed by atoms with Crippen LogP contribution in [0.25, 0.3) is 10.9 Å².